The van der Waals surface area contributed by atoms with Crippen LogP contribution in [-0.4, -0.2) is 49.8 Å². The van der Waals surface area contributed by atoms with Gasteiger partial charge in [0, 0.05) is 36.6 Å². The molecule has 1 heterocycles. The zero-order valence-corrected chi connectivity index (χ0v) is 14.5. The van der Waals surface area contributed by atoms with Gasteiger partial charge in [-0.1, -0.05) is 24.6 Å². The highest BCUT2D eigenvalue weighted by molar-refractivity contribution is 7.89. The van der Waals surface area contributed by atoms with Gasteiger partial charge in [-0.3, -0.25) is 4.90 Å². The van der Waals surface area contributed by atoms with E-state index in [1.54, 1.807) is 12.1 Å². The number of hydrogen-bond donors (Lipinski definition) is 0. The van der Waals surface area contributed by atoms with Crippen LogP contribution in [0.5, 0.6) is 0 Å². The van der Waals surface area contributed by atoms with Crippen LogP contribution in [0.15, 0.2) is 23.1 Å². The van der Waals surface area contributed by atoms with Gasteiger partial charge in [-0.05, 0) is 31.2 Å². The van der Waals surface area contributed by atoms with Gasteiger partial charge in [-0.2, -0.15) is 4.31 Å². The molecule has 1 aliphatic rings. The number of rotatable bonds is 4. The van der Waals surface area contributed by atoms with Crippen molar-refractivity contribution >= 4 is 33.2 Å². The largest absolute Gasteiger partial charge is 0.298 e. The molecule has 0 spiro atoms. The van der Waals surface area contributed by atoms with Crippen LogP contribution in [0.25, 0.3) is 0 Å². The van der Waals surface area contributed by atoms with Crippen molar-refractivity contribution in [1.82, 2.24) is 9.21 Å². The predicted molar refractivity (Wildman–Crippen MR) is 86.5 cm³/mol. The van der Waals surface area contributed by atoms with E-state index >= 15 is 0 Å². The minimum Gasteiger partial charge on any atom is -0.298 e. The third kappa shape index (κ3) is 3.54. The van der Waals surface area contributed by atoms with Crippen molar-refractivity contribution in [3.05, 3.63) is 28.8 Å². The van der Waals surface area contributed by atoms with Crippen molar-refractivity contribution in [3.63, 3.8) is 0 Å². The third-order valence-corrected chi connectivity index (χ3v) is 6.44. The van der Waals surface area contributed by atoms with E-state index in [4.69, 9.17) is 23.2 Å². The molecular weight excluding hydrogens is 331 g/mol. The summed E-state index contributed by atoms with van der Waals surface area (Å²) in [6.07, 6.45) is 0. The van der Waals surface area contributed by atoms with Crippen LogP contribution in [0.3, 0.4) is 0 Å². The standard InChI is InChI=1S/C14H20Cl2N2O2S/c1-3-17-6-7-18(10-11(17)2)21(19,20)13-5-4-12(9-15)14(16)8-13/h4-5,8,11H,3,6-7,9-10H2,1-2H3. The predicted octanol–water partition coefficient (Wildman–Crippen LogP) is 2.79. The van der Waals surface area contributed by atoms with Crippen molar-refractivity contribution in [2.45, 2.75) is 30.7 Å². The second-order valence-corrected chi connectivity index (χ2v) is 7.84. The number of nitrogens with zero attached hydrogens (tertiary/aromatic N) is 2. The quantitative estimate of drug-likeness (QED) is 0.784. The number of sulfonamides is 1. The minimum atomic E-state index is -3.49. The molecule has 4 nitrogen and oxygen atoms in total. The Balaban J connectivity index is 2.24. The second kappa shape index (κ2) is 6.84. The Hall–Kier alpha value is -0.330. The van der Waals surface area contributed by atoms with Crippen LogP contribution < -0.4 is 0 Å². The van der Waals surface area contributed by atoms with E-state index in [2.05, 4.69) is 18.7 Å². The molecule has 1 unspecified atom stereocenters. The van der Waals surface area contributed by atoms with Crippen LogP contribution in [-0.2, 0) is 15.9 Å². The highest BCUT2D eigenvalue weighted by atomic mass is 35.5. The Kier molecular flexibility index (Phi) is 5.54. The first-order valence-electron chi connectivity index (χ1n) is 6.98. The van der Waals surface area contributed by atoms with E-state index < -0.39 is 10.0 Å². The molecule has 0 saturated carbocycles. The summed E-state index contributed by atoms with van der Waals surface area (Å²) in [4.78, 5) is 2.51. The molecule has 21 heavy (non-hydrogen) atoms. The van der Waals surface area contributed by atoms with E-state index in [-0.39, 0.29) is 16.8 Å². The molecule has 7 heteroatoms. The molecule has 0 aliphatic carbocycles. The maximum Gasteiger partial charge on any atom is 0.243 e. The molecule has 1 fully saturated rings. The molecule has 1 aliphatic heterocycles. The van der Waals surface area contributed by atoms with Crippen molar-refractivity contribution in [2.24, 2.45) is 0 Å². The molecule has 118 valence electrons. The number of likely N-dealkylation sites (N-methyl/N-ethyl adjacent to an activating group) is 1. The van der Waals surface area contributed by atoms with Crippen LogP contribution in [0.2, 0.25) is 5.02 Å². The highest BCUT2D eigenvalue weighted by Crippen LogP contribution is 2.25. The summed E-state index contributed by atoms with van der Waals surface area (Å²) < 4.78 is 26.9. The lowest BCUT2D eigenvalue weighted by Gasteiger charge is -2.38. The average Bonchev–Trinajstić information content (AvgIpc) is 2.47. The Morgan fingerprint density at radius 2 is 2.05 bits per heavy atom. The maximum absolute atomic E-state index is 12.7. The van der Waals surface area contributed by atoms with Gasteiger partial charge >= 0.3 is 0 Å². The van der Waals surface area contributed by atoms with E-state index in [1.165, 1.54) is 10.4 Å². The summed E-state index contributed by atoms with van der Waals surface area (Å²) >= 11 is 11.8. The van der Waals surface area contributed by atoms with Gasteiger partial charge in [0.25, 0.3) is 0 Å². The van der Waals surface area contributed by atoms with Gasteiger partial charge in [0.1, 0.15) is 0 Å². The monoisotopic (exact) mass is 350 g/mol. The Morgan fingerprint density at radius 3 is 2.57 bits per heavy atom. The van der Waals surface area contributed by atoms with Crippen molar-refractivity contribution in [1.29, 1.82) is 0 Å². The lowest BCUT2D eigenvalue weighted by atomic mass is 10.2. The van der Waals surface area contributed by atoms with Crippen molar-refractivity contribution in [3.8, 4) is 0 Å². The van der Waals surface area contributed by atoms with E-state index in [0.717, 1.165) is 18.7 Å². The van der Waals surface area contributed by atoms with E-state index in [1.807, 2.05) is 0 Å². The molecule has 2 rings (SSSR count). The zero-order valence-electron chi connectivity index (χ0n) is 12.2. The lowest BCUT2D eigenvalue weighted by molar-refractivity contribution is 0.135. The summed E-state index contributed by atoms with van der Waals surface area (Å²) in [6, 6.07) is 4.96. The summed E-state index contributed by atoms with van der Waals surface area (Å²) in [7, 11) is -3.49. The minimum absolute atomic E-state index is 0.219. The van der Waals surface area contributed by atoms with Crippen molar-refractivity contribution < 1.29 is 8.42 Å². The molecule has 1 atom stereocenters. The van der Waals surface area contributed by atoms with Crippen LogP contribution in [0.4, 0.5) is 0 Å². The maximum atomic E-state index is 12.7. The summed E-state index contributed by atoms with van der Waals surface area (Å²) in [5.74, 6) is 0.269. The number of alkyl halides is 1. The van der Waals surface area contributed by atoms with Crippen LogP contribution in [0.1, 0.15) is 19.4 Å². The molecule has 0 radical (unpaired) electrons. The molecule has 1 saturated heterocycles. The fraction of sp³-hybridized carbons (Fsp3) is 0.571. The molecular formula is C14H20Cl2N2O2S. The Labute approximate surface area is 136 Å². The fourth-order valence-corrected chi connectivity index (χ4v) is 4.75. The first kappa shape index (κ1) is 17.0. The van der Waals surface area contributed by atoms with Gasteiger partial charge in [0.2, 0.25) is 10.0 Å². The average molecular weight is 351 g/mol. The number of piperazine rings is 1. The lowest BCUT2D eigenvalue weighted by Crippen LogP contribution is -2.53. The van der Waals surface area contributed by atoms with Crippen LogP contribution >= 0.6 is 23.2 Å². The summed E-state index contributed by atoms with van der Waals surface area (Å²) in [5, 5.41) is 0.395. The van der Waals surface area contributed by atoms with Gasteiger partial charge < -0.3 is 0 Å². The Morgan fingerprint density at radius 1 is 1.33 bits per heavy atom. The van der Waals surface area contributed by atoms with Gasteiger partial charge in [0.15, 0.2) is 0 Å². The number of benzene rings is 1. The molecule has 1 aromatic carbocycles. The first-order valence-corrected chi connectivity index (χ1v) is 9.34. The van der Waals surface area contributed by atoms with E-state index in [0.29, 0.717) is 18.1 Å². The molecule has 1 aromatic rings. The zero-order chi connectivity index (χ0) is 15.6. The topological polar surface area (TPSA) is 40.6 Å². The first-order chi connectivity index (χ1) is 9.90. The third-order valence-electron chi connectivity index (χ3n) is 3.94. The van der Waals surface area contributed by atoms with Gasteiger partial charge in [-0.15, -0.1) is 11.6 Å². The second-order valence-electron chi connectivity index (χ2n) is 5.23. The normalized spacial score (nSPS) is 21.6. The number of halogens is 2. The Bertz CT molecular complexity index is 607. The van der Waals surface area contributed by atoms with Crippen LogP contribution in [0, 0.1) is 0 Å². The van der Waals surface area contributed by atoms with Gasteiger partial charge in [-0.25, -0.2) is 8.42 Å². The fourth-order valence-electron chi connectivity index (χ4n) is 2.60. The molecule has 0 N–H and O–H groups in total. The molecule has 0 bridgehead atoms. The smallest absolute Gasteiger partial charge is 0.243 e. The molecule has 0 aromatic heterocycles. The summed E-state index contributed by atoms with van der Waals surface area (Å²) in [6.45, 7) is 6.84. The van der Waals surface area contributed by atoms with Crippen molar-refractivity contribution in [2.75, 3.05) is 26.2 Å². The van der Waals surface area contributed by atoms with Gasteiger partial charge in [0.05, 0.1) is 4.90 Å². The molecule has 0 amide bonds. The highest BCUT2D eigenvalue weighted by Gasteiger charge is 2.31. The SMILES string of the molecule is CCN1CCN(S(=O)(=O)c2ccc(CCl)c(Cl)c2)CC1C. The summed E-state index contributed by atoms with van der Waals surface area (Å²) in [5.41, 5.74) is 0.737. The number of hydrogen-bond acceptors (Lipinski definition) is 3. The van der Waals surface area contributed by atoms with E-state index in [9.17, 15) is 8.42 Å².